The minimum Gasteiger partial charge on any atom is -0.357 e. The second-order valence-electron chi connectivity index (χ2n) is 4.93. The maximum absolute atomic E-state index is 6.18. The van der Waals surface area contributed by atoms with Crippen LogP contribution in [-0.2, 0) is 6.54 Å². The van der Waals surface area contributed by atoms with Gasteiger partial charge in [-0.3, -0.25) is 0 Å². The summed E-state index contributed by atoms with van der Waals surface area (Å²) in [5.41, 5.74) is 0.945. The van der Waals surface area contributed by atoms with E-state index in [1.807, 2.05) is 12.1 Å². The minimum atomic E-state index is 0.644. The number of aromatic nitrogens is 1. The second kappa shape index (κ2) is 6.39. The monoisotopic (exact) mass is 267 g/mol. The lowest BCUT2D eigenvalue weighted by Gasteiger charge is -2.26. The van der Waals surface area contributed by atoms with Crippen molar-refractivity contribution in [3.8, 4) is 0 Å². The Labute approximate surface area is 115 Å². The third-order valence-corrected chi connectivity index (χ3v) is 4.02. The highest BCUT2D eigenvalue weighted by Crippen LogP contribution is 2.27. The Kier molecular flexibility index (Phi) is 4.84. The van der Waals surface area contributed by atoms with E-state index >= 15 is 0 Å². The highest BCUT2D eigenvalue weighted by atomic mass is 35.5. The molecule has 1 saturated carbocycles. The molecule has 100 valence electrons. The number of nitrogens with one attached hydrogen (secondary N) is 1. The average molecular weight is 268 g/mol. The van der Waals surface area contributed by atoms with Crippen molar-refractivity contribution in [2.24, 2.45) is 0 Å². The molecule has 0 aliphatic heterocycles. The van der Waals surface area contributed by atoms with Crippen LogP contribution in [0, 0.1) is 0 Å². The van der Waals surface area contributed by atoms with Crippen molar-refractivity contribution < 1.29 is 0 Å². The van der Waals surface area contributed by atoms with Crippen molar-refractivity contribution in [2.75, 3.05) is 18.5 Å². The Bertz CT molecular complexity index is 389. The summed E-state index contributed by atoms with van der Waals surface area (Å²) in [7, 11) is 2.14. The molecule has 4 heteroatoms. The highest BCUT2D eigenvalue weighted by Gasteiger charge is 2.21. The normalized spacial score (nSPS) is 16.2. The molecule has 0 radical (unpaired) electrons. The lowest BCUT2D eigenvalue weighted by atomic mass is 10.2. The first kappa shape index (κ1) is 13.6. The van der Waals surface area contributed by atoms with Gasteiger partial charge in [0.05, 0.1) is 10.7 Å². The number of anilines is 1. The summed E-state index contributed by atoms with van der Waals surface area (Å²) in [6.45, 7) is 3.75. The molecule has 0 atom stereocenters. The zero-order chi connectivity index (χ0) is 13.0. The van der Waals surface area contributed by atoms with Crippen molar-refractivity contribution >= 4 is 17.4 Å². The molecule has 3 nitrogen and oxygen atoms in total. The number of hydrogen-bond acceptors (Lipinski definition) is 3. The SMILES string of the molecule is CCNCc1nc(N(C)C2CCCC2)ccc1Cl. The first-order chi connectivity index (χ1) is 8.72. The van der Waals surface area contributed by atoms with E-state index in [0.29, 0.717) is 6.04 Å². The minimum absolute atomic E-state index is 0.644. The Morgan fingerprint density at radius 3 is 2.78 bits per heavy atom. The van der Waals surface area contributed by atoms with Gasteiger partial charge in [0.1, 0.15) is 5.82 Å². The van der Waals surface area contributed by atoms with Crippen molar-refractivity contribution in [3.05, 3.63) is 22.8 Å². The molecule has 0 amide bonds. The van der Waals surface area contributed by atoms with Gasteiger partial charge in [0, 0.05) is 19.6 Å². The summed E-state index contributed by atoms with van der Waals surface area (Å²) in [4.78, 5) is 6.99. The van der Waals surface area contributed by atoms with Gasteiger partial charge in [-0.25, -0.2) is 4.98 Å². The summed E-state index contributed by atoms with van der Waals surface area (Å²) in [5, 5.41) is 4.03. The van der Waals surface area contributed by atoms with Crippen LogP contribution < -0.4 is 10.2 Å². The largest absolute Gasteiger partial charge is 0.357 e. The van der Waals surface area contributed by atoms with E-state index in [1.54, 1.807) is 0 Å². The molecule has 2 rings (SSSR count). The van der Waals surface area contributed by atoms with Crippen LogP contribution in [-0.4, -0.2) is 24.6 Å². The predicted molar refractivity (Wildman–Crippen MR) is 77.3 cm³/mol. The van der Waals surface area contributed by atoms with Gasteiger partial charge in [-0.05, 0) is 31.5 Å². The van der Waals surface area contributed by atoms with E-state index < -0.39 is 0 Å². The molecule has 0 saturated heterocycles. The average Bonchev–Trinajstić information content (AvgIpc) is 2.91. The van der Waals surface area contributed by atoms with Gasteiger partial charge in [-0.1, -0.05) is 31.4 Å². The van der Waals surface area contributed by atoms with E-state index in [-0.39, 0.29) is 0 Å². The molecule has 1 N–H and O–H groups in total. The van der Waals surface area contributed by atoms with Crippen molar-refractivity contribution in [1.82, 2.24) is 10.3 Å². The van der Waals surface area contributed by atoms with Crippen LogP contribution in [0.15, 0.2) is 12.1 Å². The van der Waals surface area contributed by atoms with Crippen LogP contribution in [0.3, 0.4) is 0 Å². The molecule has 1 aliphatic carbocycles. The van der Waals surface area contributed by atoms with Gasteiger partial charge in [0.25, 0.3) is 0 Å². The Morgan fingerprint density at radius 1 is 1.39 bits per heavy atom. The van der Waals surface area contributed by atoms with Crippen LogP contribution >= 0.6 is 11.6 Å². The molecule has 18 heavy (non-hydrogen) atoms. The molecule has 1 aromatic heterocycles. The van der Waals surface area contributed by atoms with Crippen LogP contribution in [0.5, 0.6) is 0 Å². The van der Waals surface area contributed by atoms with E-state index in [1.165, 1.54) is 25.7 Å². The Balaban J connectivity index is 2.12. The van der Waals surface area contributed by atoms with E-state index in [0.717, 1.165) is 29.6 Å². The molecule has 1 aliphatic rings. The van der Waals surface area contributed by atoms with Gasteiger partial charge in [0.15, 0.2) is 0 Å². The van der Waals surface area contributed by atoms with Crippen molar-refractivity contribution in [3.63, 3.8) is 0 Å². The lowest BCUT2D eigenvalue weighted by Crippen LogP contribution is -2.30. The lowest BCUT2D eigenvalue weighted by molar-refractivity contribution is 0.642. The predicted octanol–water partition coefficient (Wildman–Crippen LogP) is 3.22. The summed E-state index contributed by atoms with van der Waals surface area (Å²) in [5.74, 6) is 1.04. The summed E-state index contributed by atoms with van der Waals surface area (Å²) in [6.07, 6.45) is 5.24. The molecule has 1 fully saturated rings. The molecule has 0 aromatic carbocycles. The van der Waals surface area contributed by atoms with E-state index in [4.69, 9.17) is 11.6 Å². The Hall–Kier alpha value is -0.800. The van der Waals surface area contributed by atoms with Crippen LogP contribution in [0.2, 0.25) is 5.02 Å². The maximum Gasteiger partial charge on any atom is 0.128 e. The molecular weight excluding hydrogens is 246 g/mol. The number of pyridine rings is 1. The first-order valence-electron chi connectivity index (χ1n) is 6.81. The smallest absolute Gasteiger partial charge is 0.128 e. The topological polar surface area (TPSA) is 28.2 Å². The summed E-state index contributed by atoms with van der Waals surface area (Å²) < 4.78 is 0. The molecular formula is C14H22ClN3. The van der Waals surface area contributed by atoms with E-state index in [9.17, 15) is 0 Å². The quantitative estimate of drug-likeness (QED) is 0.888. The number of hydrogen-bond donors (Lipinski definition) is 1. The molecule has 0 unspecified atom stereocenters. The molecule has 0 spiro atoms. The number of halogens is 1. The first-order valence-corrected chi connectivity index (χ1v) is 7.19. The summed E-state index contributed by atoms with van der Waals surface area (Å²) >= 11 is 6.18. The van der Waals surface area contributed by atoms with Crippen molar-refractivity contribution in [1.29, 1.82) is 0 Å². The van der Waals surface area contributed by atoms with Crippen LogP contribution in [0.25, 0.3) is 0 Å². The fraction of sp³-hybridized carbons (Fsp3) is 0.643. The second-order valence-corrected chi connectivity index (χ2v) is 5.33. The third-order valence-electron chi connectivity index (χ3n) is 3.68. The third kappa shape index (κ3) is 3.15. The molecule has 1 aromatic rings. The van der Waals surface area contributed by atoms with Gasteiger partial charge in [0.2, 0.25) is 0 Å². The fourth-order valence-corrected chi connectivity index (χ4v) is 2.69. The zero-order valence-electron chi connectivity index (χ0n) is 11.2. The van der Waals surface area contributed by atoms with Gasteiger partial charge >= 0.3 is 0 Å². The van der Waals surface area contributed by atoms with Crippen molar-refractivity contribution in [2.45, 2.75) is 45.2 Å². The number of rotatable bonds is 5. The molecule has 1 heterocycles. The zero-order valence-corrected chi connectivity index (χ0v) is 12.0. The van der Waals surface area contributed by atoms with Gasteiger partial charge in [-0.15, -0.1) is 0 Å². The van der Waals surface area contributed by atoms with Crippen LogP contribution in [0.1, 0.15) is 38.3 Å². The van der Waals surface area contributed by atoms with Crippen LogP contribution in [0.4, 0.5) is 5.82 Å². The maximum atomic E-state index is 6.18. The standard InChI is InChI=1S/C14H22ClN3/c1-3-16-10-13-12(15)8-9-14(17-13)18(2)11-6-4-5-7-11/h8-9,11,16H,3-7,10H2,1-2H3. The number of nitrogens with zero attached hydrogens (tertiary/aromatic N) is 2. The molecule has 0 bridgehead atoms. The highest BCUT2D eigenvalue weighted by molar-refractivity contribution is 6.31. The summed E-state index contributed by atoms with van der Waals surface area (Å²) in [6, 6.07) is 4.63. The Morgan fingerprint density at radius 2 is 2.11 bits per heavy atom. The van der Waals surface area contributed by atoms with Gasteiger partial charge < -0.3 is 10.2 Å². The fourth-order valence-electron chi connectivity index (χ4n) is 2.52. The van der Waals surface area contributed by atoms with E-state index in [2.05, 4.69) is 29.2 Å². The van der Waals surface area contributed by atoms with Gasteiger partial charge in [-0.2, -0.15) is 0 Å².